The molecule has 1 aromatic rings. The van der Waals surface area contributed by atoms with E-state index in [2.05, 4.69) is 35.9 Å². The van der Waals surface area contributed by atoms with E-state index in [4.69, 9.17) is 0 Å². The van der Waals surface area contributed by atoms with Gasteiger partial charge in [-0.15, -0.1) is 0 Å². The van der Waals surface area contributed by atoms with Crippen LogP contribution in [0, 0.1) is 0 Å². The minimum absolute atomic E-state index is 0.209. The number of aryl methyl sites for hydroxylation is 1. The summed E-state index contributed by atoms with van der Waals surface area (Å²) < 4.78 is 4.55. The highest BCUT2D eigenvalue weighted by Crippen LogP contribution is 2.08. The molecule has 1 rings (SSSR count). The van der Waals surface area contributed by atoms with Crippen molar-refractivity contribution in [3.8, 4) is 0 Å². The van der Waals surface area contributed by atoms with Crippen LogP contribution < -0.4 is 0 Å². The Morgan fingerprint density at radius 1 is 1.31 bits per heavy atom. The zero-order chi connectivity index (χ0) is 11.8. The molecule has 0 aromatic heterocycles. The van der Waals surface area contributed by atoms with E-state index in [9.17, 15) is 4.79 Å². The maximum atomic E-state index is 10.9. The van der Waals surface area contributed by atoms with E-state index in [0.29, 0.717) is 6.42 Å². The summed E-state index contributed by atoms with van der Waals surface area (Å²) in [6, 6.07) is 8.39. The molecule has 0 heterocycles. The standard InChI is InChI=1S/C14H18O2/c1-3-5-12-8-10-13(11-9-12)6-4-7-14(15)16-2/h4,6,8-11H,3,5,7H2,1-2H3. The predicted octanol–water partition coefficient (Wildman–Crippen LogP) is 3.22. The highest BCUT2D eigenvalue weighted by Gasteiger charge is 1.94. The Morgan fingerprint density at radius 3 is 2.56 bits per heavy atom. The van der Waals surface area contributed by atoms with Crippen molar-refractivity contribution in [2.45, 2.75) is 26.2 Å². The van der Waals surface area contributed by atoms with Gasteiger partial charge in [-0.3, -0.25) is 4.79 Å². The smallest absolute Gasteiger partial charge is 0.309 e. The molecule has 0 radical (unpaired) electrons. The highest BCUT2D eigenvalue weighted by molar-refractivity contribution is 5.72. The van der Waals surface area contributed by atoms with Crippen molar-refractivity contribution in [1.82, 2.24) is 0 Å². The molecule has 86 valence electrons. The van der Waals surface area contributed by atoms with Crippen LogP contribution in [0.2, 0.25) is 0 Å². The van der Waals surface area contributed by atoms with Gasteiger partial charge < -0.3 is 4.74 Å². The number of methoxy groups -OCH3 is 1. The summed E-state index contributed by atoms with van der Waals surface area (Å²) in [5.41, 5.74) is 2.47. The topological polar surface area (TPSA) is 26.3 Å². The molecule has 16 heavy (non-hydrogen) atoms. The second-order valence-corrected chi connectivity index (χ2v) is 3.67. The molecule has 2 heteroatoms. The summed E-state index contributed by atoms with van der Waals surface area (Å²) in [7, 11) is 1.40. The van der Waals surface area contributed by atoms with Gasteiger partial charge in [-0.25, -0.2) is 0 Å². The average Bonchev–Trinajstić information content (AvgIpc) is 2.31. The summed E-state index contributed by atoms with van der Waals surface area (Å²) in [6.45, 7) is 2.17. The minimum atomic E-state index is -0.209. The van der Waals surface area contributed by atoms with Gasteiger partial charge in [0.05, 0.1) is 13.5 Å². The SMILES string of the molecule is CCCc1ccc(C=CCC(=O)OC)cc1. The van der Waals surface area contributed by atoms with E-state index in [1.165, 1.54) is 12.7 Å². The molecule has 0 aliphatic rings. The lowest BCUT2D eigenvalue weighted by Crippen LogP contribution is -1.96. The van der Waals surface area contributed by atoms with Gasteiger partial charge in [0, 0.05) is 0 Å². The van der Waals surface area contributed by atoms with E-state index in [0.717, 1.165) is 18.4 Å². The Hall–Kier alpha value is -1.57. The van der Waals surface area contributed by atoms with Gasteiger partial charge in [0.25, 0.3) is 0 Å². The number of carbonyl (C=O) groups is 1. The number of rotatable bonds is 5. The fraction of sp³-hybridized carbons (Fsp3) is 0.357. The molecule has 0 saturated heterocycles. The molecule has 0 saturated carbocycles. The lowest BCUT2D eigenvalue weighted by molar-refractivity contribution is -0.139. The monoisotopic (exact) mass is 218 g/mol. The van der Waals surface area contributed by atoms with Gasteiger partial charge in [-0.05, 0) is 17.5 Å². The van der Waals surface area contributed by atoms with Crippen LogP contribution in [0.15, 0.2) is 30.3 Å². The summed E-state index contributed by atoms with van der Waals surface area (Å²) in [5, 5.41) is 0. The van der Waals surface area contributed by atoms with Gasteiger partial charge in [-0.2, -0.15) is 0 Å². The minimum Gasteiger partial charge on any atom is -0.469 e. The van der Waals surface area contributed by atoms with Crippen LogP contribution in [0.3, 0.4) is 0 Å². The first-order valence-corrected chi connectivity index (χ1v) is 5.58. The molecule has 0 unspecified atom stereocenters. The molecular formula is C14H18O2. The first-order valence-electron chi connectivity index (χ1n) is 5.58. The van der Waals surface area contributed by atoms with Crippen LogP contribution in [0.5, 0.6) is 0 Å². The zero-order valence-corrected chi connectivity index (χ0v) is 9.90. The van der Waals surface area contributed by atoms with Gasteiger partial charge in [0.15, 0.2) is 0 Å². The lowest BCUT2D eigenvalue weighted by Gasteiger charge is -1.99. The Morgan fingerprint density at radius 2 is 2.00 bits per heavy atom. The third kappa shape index (κ3) is 4.30. The first-order chi connectivity index (χ1) is 7.76. The van der Waals surface area contributed by atoms with Crippen LogP contribution in [0.1, 0.15) is 30.9 Å². The Labute approximate surface area is 96.9 Å². The van der Waals surface area contributed by atoms with Crippen LogP contribution in [0.4, 0.5) is 0 Å². The highest BCUT2D eigenvalue weighted by atomic mass is 16.5. The molecule has 1 aromatic carbocycles. The average molecular weight is 218 g/mol. The van der Waals surface area contributed by atoms with E-state index < -0.39 is 0 Å². The van der Waals surface area contributed by atoms with Gasteiger partial charge >= 0.3 is 5.97 Å². The number of hydrogen-bond acceptors (Lipinski definition) is 2. The Balaban J connectivity index is 2.51. The van der Waals surface area contributed by atoms with Crippen molar-refractivity contribution < 1.29 is 9.53 Å². The van der Waals surface area contributed by atoms with Crippen molar-refractivity contribution in [2.24, 2.45) is 0 Å². The third-order valence-electron chi connectivity index (χ3n) is 2.34. The van der Waals surface area contributed by atoms with Crippen LogP contribution >= 0.6 is 0 Å². The molecule has 0 fully saturated rings. The van der Waals surface area contributed by atoms with Gasteiger partial charge in [0.2, 0.25) is 0 Å². The summed E-state index contributed by atoms with van der Waals surface area (Å²) in [6.07, 6.45) is 6.37. The largest absolute Gasteiger partial charge is 0.469 e. The Bertz CT molecular complexity index is 350. The van der Waals surface area contributed by atoms with Crippen molar-refractivity contribution in [1.29, 1.82) is 0 Å². The zero-order valence-electron chi connectivity index (χ0n) is 9.90. The molecule has 0 spiro atoms. The first kappa shape index (κ1) is 12.5. The number of hydrogen-bond donors (Lipinski definition) is 0. The van der Waals surface area contributed by atoms with E-state index in [-0.39, 0.29) is 5.97 Å². The number of carbonyl (C=O) groups excluding carboxylic acids is 1. The maximum absolute atomic E-state index is 10.9. The molecule has 0 aliphatic heterocycles. The third-order valence-corrected chi connectivity index (χ3v) is 2.34. The summed E-state index contributed by atoms with van der Waals surface area (Å²) in [5.74, 6) is -0.209. The van der Waals surface area contributed by atoms with Crippen molar-refractivity contribution in [3.63, 3.8) is 0 Å². The molecule has 0 amide bonds. The fourth-order valence-electron chi connectivity index (χ4n) is 1.46. The summed E-state index contributed by atoms with van der Waals surface area (Å²) in [4.78, 5) is 10.9. The second kappa shape index (κ2) is 6.83. The maximum Gasteiger partial charge on any atom is 0.309 e. The van der Waals surface area contributed by atoms with Crippen molar-refractivity contribution >= 4 is 12.0 Å². The number of esters is 1. The second-order valence-electron chi connectivity index (χ2n) is 3.67. The molecule has 2 nitrogen and oxygen atoms in total. The predicted molar refractivity (Wildman–Crippen MR) is 66.1 cm³/mol. The normalized spacial score (nSPS) is 10.6. The van der Waals surface area contributed by atoms with Crippen LogP contribution in [-0.4, -0.2) is 13.1 Å². The van der Waals surface area contributed by atoms with E-state index >= 15 is 0 Å². The van der Waals surface area contributed by atoms with Crippen LogP contribution in [0.25, 0.3) is 6.08 Å². The van der Waals surface area contributed by atoms with Crippen molar-refractivity contribution in [3.05, 3.63) is 41.5 Å². The lowest BCUT2D eigenvalue weighted by atomic mass is 10.1. The van der Waals surface area contributed by atoms with Crippen molar-refractivity contribution in [2.75, 3.05) is 7.11 Å². The molecule has 0 aliphatic carbocycles. The van der Waals surface area contributed by atoms with Crippen LogP contribution in [-0.2, 0) is 16.0 Å². The van der Waals surface area contributed by atoms with E-state index in [1.54, 1.807) is 0 Å². The van der Waals surface area contributed by atoms with Gasteiger partial charge in [0.1, 0.15) is 0 Å². The molecule has 0 N–H and O–H groups in total. The quantitative estimate of drug-likeness (QED) is 0.709. The number of ether oxygens (including phenoxy) is 1. The molecule has 0 bridgehead atoms. The number of benzene rings is 1. The fourth-order valence-corrected chi connectivity index (χ4v) is 1.46. The van der Waals surface area contributed by atoms with Gasteiger partial charge in [-0.1, -0.05) is 49.8 Å². The summed E-state index contributed by atoms with van der Waals surface area (Å²) >= 11 is 0. The Kier molecular flexibility index (Phi) is 5.34. The molecule has 0 atom stereocenters. The van der Waals surface area contributed by atoms with E-state index in [1.807, 2.05) is 12.2 Å². The molecular weight excluding hydrogens is 200 g/mol.